The number of carboxylic acid groups (broad SMARTS) is 1. The number of aryl methyl sites for hydroxylation is 1. The van der Waals surface area contributed by atoms with Crippen LogP contribution < -0.4 is 0 Å². The Balaban J connectivity index is 2.11. The van der Waals surface area contributed by atoms with Gasteiger partial charge >= 0.3 is 6.09 Å². The Kier molecular flexibility index (Phi) is 2.24. The number of carbonyl (C=O) groups is 1. The average molecular weight is 231 g/mol. The molecular formula is C12H13N3O2. The molecule has 0 unspecified atom stereocenters. The normalized spacial score (nSPS) is 15.6. The van der Waals surface area contributed by atoms with Crippen molar-refractivity contribution in [3.05, 3.63) is 29.6 Å². The maximum atomic E-state index is 11.1. The molecule has 88 valence electrons. The van der Waals surface area contributed by atoms with Crippen LogP contribution in [-0.2, 0) is 13.0 Å². The van der Waals surface area contributed by atoms with Gasteiger partial charge in [0.05, 0.1) is 6.54 Å². The maximum absolute atomic E-state index is 11.1. The Hall–Kier alpha value is -2.04. The average Bonchev–Trinajstić information content (AvgIpc) is 2.53. The van der Waals surface area contributed by atoms with Crippen molar-refractivity contribution in [2.75, 3.05) is 6.54 Å². The first-order valence-corrected chi connectivity index (χ1v) is 5.68. The van der Waals surface area contributed by atoms with E-state index in [2.05, 4.69) is 9.97 Å². The number of fused-ring (bicyclic) bond motifs is 3. The maximum Gasteiger partial charge on any atom is 0.407 e. The summed E-state index contributed by atoms with van der Waals surface area (Å²) in [4.78, 5) is 20.1. The standard InChI is InChI=1S/C12H13N3O2/c16-12(17)15-6-2-4-10-9(7-15)8-3-1-5-13-11(8)14-10/h1,3,5H,2,4,6-7H2,(H,13,14)(H,16,17). The monoisotopic (exact) mass is 231 g/mol. The van der Waals surface area contributed by atoms with Gasteiger partial charge in [-0.3, -0.25) is 0 Å². The van der Waals surface area contributed by atoms with Gasteiger partial charge in [0, 0.05) is 29.4 Å². The first kappa shape index (κ1) is 10.1. The predicted octanol–water partition coefficient (Wildman–Crippen LogP) is 1.99. The van der Waals surface area contributed by atoms with Crippen molar-refractivity contribution in [1.29, 1.82) is 0 Å². The van der Waals surface area contributed by atoms with Crippen LogP contribution in [0.3, 0.4) is 0 Å². The summed E-state index contributed by atoms with van der Waals surface area (Å²) in [5, 5.41) is 10.1. The highest BCUT2D eigenvalue weighted by Crippen LogP contribution is 2.25. The summed E-state index contributed by atoms with van der Waals surface area (Å²) in [6.07, 6.45) is 2.63. The highest BCUT2D eigenvalue weighted by atomic mass is 16.4. The van der Waals surface area contributed by atoms with Crippen LogP contribution in [-0.4, -0.2) is 32.6 Å². The molecule has 5 nitrogen and oxygen atoms in total. The molecule has 0 radical (unpaired) electrons. The number of rotatable bonds is 0. The van der Waals surface area contributed by atoms with Crippen molar-refractivity contribution in [2.45, 2.75) is 19.4 Å². The first-order chi connectivity index (χ1) is 8.25. The molecule has 17 heavy (non-hydrogen) atoms. The SMILES string of the molecule is O=C(O)N1CCCc2[nH]c3ncccc3c2C1. The van der Waals surface area contributed by atoms with Crippen LogP contribution in [0.1, 0.15) is 17.7 Å². The van der Waals surface area contributed by atoms with Crippen LogP contribution in [0.25, 0.3) is 11.0 Å². The molecule has 0 spiro atoms. The van der Waals surface area contributed by atoms with Crippen molar-refractivity contribution in [2.24, 2.45) is 0 Å². The third-order valence-electron chi connectivity index (χ3n) is 3.24. The number of nitrogens with zero attached hydrogens (tertiary/aromatic N) is 2. The van der Waals surface area contributed by atoms with Crippen molar-refractivity contribution in [3.8, 4) is 0 Å². The fraction of sp³-hybridized carbons (Fsp3) is 0.333. The minimum atomic E-state index is -0.851. The zero-order valence-corrected chi connectivity index (χ0v) is 9.31. The van der Waals surface area contributed by atoms with Crippen LogP contribution in [0, 0.1) is 0 Å². The Morgan fingerprint density at radius 3 is 3.24 bits per heavy atom. The second-order valence-corrected chi connectivity index (χ2v) is 4.29. The van der Waals surface area contributed by atoms with E-state index in [9.17, 15) is 4.79 Å². The van der Waals surface area contributed by atoms with Gasteiger partial charge in [0.25, 0.3) is 0 Å². The second kappa shape index (κ2) is 3.76. The van der Waals surface area contributed by atoms with Crippen molar-refractivity contribution in [3.63, 3.8) is 0 Å². The molecule has 0 saturated heterocycles. The van der Waals surface area contributed by atoms with E-state index in [0.29, 0.717) is 13.1 Å². The number of hydrogen-bond acceptors (Lipinski definition) is 2. The lowest BCUT2D eigenvalue weighted by Gasteiger charge is -2.15. The summed E-state index contributed by atoms with van der Waals surface area (Å²) in [6.45, 7) is 1.05. The molecule has 1 aliphatic heterocycles. The molecule has 3 rings (SSSR count). The van der Waals surface area contributed by atoms with Crippen molar-refractivity contribution >= 4 is 17.1 Å². The third-order valence-corrected chi connectivity index (χ3v) is 3.24. The van der Waals surface area contributed by atoms with Crippen LogP contribution in [0.4, 0.5) is 4.79 Å². The largest absolute Gasteiger partial charge is 0.465 e. The lowest BCUT2D eigenvalue weighted by Crippen LogP contribution is -2.28. The molecule has 1 amide bonds. The third kappa shape index (κ3) is 1.63. The summed E-state index contributed by atoms with van der Waals surface area (Å²) in [5.74, 6) is 0. The van der Waals surface area contributed by atoms with Crippen LogP contribution in [0.15, 0.2) is 18.3 Å². The molecular weight excluding hydrogens is 218 g/mol. The van der Waals surface area contributed by atoms with E-state index in [-0.39, 0.29) is 0 Å². The number of amides is 1. The zero-order chi connectivity index (χ0) is 11.8. The molecule has 3 heterocycles. The van der Waals surface area contributed by atoms with Crippen molar-refractivity contribution in [1.82, 2.24) is 14.9 Å². The van der Waals surface area contributed by atoms with Crippen LogP contribution in [0.5, 0.6) is 0 Å². The van der Waals surface area contributed by atoms with Crippen molar-refractivity contribution < 1.29 is 9.90 Å². The summed E-state index contributed by atoms with van der Waals surface area (Å²) in [7, 11) is 0. The lowest BCUT2D eigenvalue weighted by molar-refractivity contribution is 0.143. The minimum absolute atomic E-state index is 0.455. The van der Waals surface area contributed by atoms with Gasteiger partial charge in [0.2, 0.25) is 0 Å². The molecule has 0 atom stereocenters. The minimum Gasteiger partial charge on any atom is -0.465 e. The predicted molar refractivity (Wildman–Crippen MR) is 62.8 cm³/mol. The van der Waals surface area contributed by atoms with Gasteiger partial charge < -0.3 is 15.0 Å². The van der Waals surface area contributed by atoms with E-state index in [0.717, 1.165) is 35.1 Å². The number of aromatic nitrogens is 2. The molecule has 0 bridgehead atoms. The molecule has 5 heteroatoms. The van der Waals surface area contributed by atoms with Gasteiger partial charge in [-0.25, -0.2) is 9.78 Å². The molecule has 0 saturated carbocycles. The smallest absolute Gasteiger partial charge is 0.407 e. The zero-order valence-electron chi connectivity index (χ0n) is 9.31. The molecule has 0 aromatic carbocycles. The fourth-order valence-electron chi connectivity index (χ4n) is 2.40. The van der Waals surface area contributed by atoms with Gasteiger partial charge in [-0.2, -0.15) is 0 Å². The van der Waals surface area contributed by atoms with Gasteiger partial charge in [0.1, 0.15) is 5.65 Å². The van der Waals surface area contributed by atoms with E-state index in [1.807, 2.05) is 12.1 Å². The second-order valence-electron chi connectivity index (χ2n) is 4.29. The molecule has 2 aromatic rings. The Morgan fingerprint density at radius 2 is 2.41 bits per heavy atom. The summed E-state index contributed by atoms with van der Waals surface area (Å²) >= 11 is 0. The molecule has 0 fully saturated rings. The summed E-state index contributed by atoms with van der Waals surface area (Å²) in [5.41, 5.74) is 3.06. The van der Waals surface area contributed by atoms with Gasteiger partial charge in [0.15, 0.2) is 0 Å². The molecule has 0 aliphatic carbocycles. The first-order valence-electron chi connectivity index (χ1n) is 5.68. The molecule has 2 N–H and O–H groups in total. The number of pyridine rings is 1. The lowest BCUT2D eigenvalue weighted by atomic mass is 10.1. The van der Waals surface area contributed by atoms with Gasteiger partial charge in [-0.15, -0.1) is 0 Å². The van der Waals surface area contributed by atoms with E-state index in [4.69, 9.17) is 5.11 Å². The highest BCUT2D eigenvalue weighted by molar-refractivity contribution is 5.81. The fourth-order valence-corrected chi connectivity index (χ4v) is 2.40. The van der Waals surface area contributed by atoms with E-state index < -0.39 is 6.09 Å². The summed E-state index contributed by atoms with van der Waals surface area (Å²) in [6, 6.07) is 3.87. The molecule has 1 aliphatic rings. The van der Waals surface area contributed by atoms with E-state index in [1.54, 1.807) is 6.20 Å². The number of nitrogens with one attached hydrogen (secondary N) is 1. The van der Waals surface area contributed by atoms with Crippen LogP contribution in [0.2, 0.25) is 0 Å². The summed E-state index contributed by atoms with van der Waals surface area (Å²) < 4.78 is 0. The molecule has 2 aromatic heterocycles. The topological polar surface area (TPSA) is 69.2 Å². The quantitative estimate of drug-likeness (QED) is 0.728. The van der Waals surface area contributed by atoms with E-state index in [1.165, 1.54) is 4.90 Å². The van der Waals surface area contributed by atoms with Gasteiger partial charge in [-0.1, -0.05) is 0 Å². The highest BCUT2D eigenvalue weighted by Gasteiger charge is 2.21. The Labute approximate surface area is 98.1 Å². The number of hydrogen-bond donors (Lipinski definition) is 2. The van der Waals surface area contributed by atoms with Crippen LogP contribution >= 0.6 is 0 Å². The Bertz CT molecular complexity index is 576. The Morgan fingerprint density at radius 1 is 1.53 bits per heavy atom. The van der Waals surface area contributed by atoms with Gasteiger partial charge in [-0.05, 0) is 25.0 Å². The number of aromatic amines is 1. The number of H-pyrrole nitrogens is 1. The van der Waals surface area contributed by atoms with E-state index >= 15 is 0 Å².